The monoisotopic (exact) mass is 349 g/mol. The van der Waals surface area contributed by atoms with Gasteiger partial charge in [0.2, 0.25) is 5.91 Å². The maximum absolute atomic E-state index is 13.2. The number of ether oxygens (including phenoxy) is 1. The van der Waals surface area contributed by atoms with Crippen LogP contribution in [0.2, 0.25) is 0 Å². The van der Waals surface area contributed by atoms with Crippen LogP contribution in [0.1, 0.15) is 77.4 Å². The van der Waals surface area contributed by atoms with E-state index in [1.807, 2.05) is 31.9 Å². The van der Waals surface area contributed by atoms with Crippen LogP contribution < -0.4 is 0 Å². The van der Waals surface area contributed by atoms with Gasteiger partial charge in [0.15, 0.2) is 0 Å². The highest BCUT2D eigenvalue weighted by molar-refractivity contribution is 5.85. The van der Waals surface area contributed by atoms with E-state index in [1.54, 1.807) is 0 Å². The quantitative estimate of drug-likeness (QED) is 0.827. The SMILES string of the molecule is COC(=O)C[C@H](C(=O)N1CCC[C@H]1c1ncc(C(C)C)[nH]1)C(C)(C)C. The highest BCUT2D eigenvalue weighted by Gasteiger charge is 2.41. The molecule has 1 saturated heterocycles. The van der Waals surface area contributed by atoms with Gasteiger partial charge in [-0.15, -0.1) is 0 Å². The summed E-state index contributed by atoms with van der Waals surface area (Å²) in [6, 6.07) is -0.0394. The number of imidazole rings is 1. The van der Waals surface area contributed by atoms with Crippen LogP contribution in [0.15, 0.2) is 6.20 Å². The fraction of sp³-hybridized carbons (Fsp3) is 0.737. The Morgan fingerprint density at radius 1 is 1.40 bits per heavy atom. The minimum atomic E-state index is -0.403. The van der Waals surface area contributed by atoms with Gasteiger partial charge in [0.05, 0.1) is 25.5 Å². The van der Waals surface area contributed by atoms with Crippen molar-refractivity contribution in [3.8, 4) is 0 Å². The number of H-pyrrole nitrogens is 1. The molecule has 0 bridgehead atoms. The Balaban J connectivity index is 2.23. The van der Waals surface area contributed by atoms with Gasteiger partial charge in [0, 0.05) is 18.4 Å². The minimum Gasteiger partial charge on any atom is -0.469 e. The number of nitrogens with one attached hydrogen (secondary N) is 1. The first-order valence-corrected chi connectivity index (χ1v) is 9.07. The fourth-order valence-electron chi connectivity index (χ4n) is 3.34. The van der Waals surface area contributed by atoms with Gasteiger partial charge < -0.3 is 14.6 Å². The first-order chi connectivity index (χ1) is 11.6. The summed E-state index contributed by atoms with van der Waals surface area (Å²) in [5.74, 6) is 0.487. The van der Waals surface area contributed by atoms with Crippen LogP contribution in [0.25, 0.3) is 0 Å². The Morgan fingerprint density at radius 2 is 2.08 bits per heavy atom. The number of esters is 1. The molecule has 1 aliphatic heterocycles. The van der Waals surface area contributed by atoms with Gasteiger partial charge in [-0.1, -0.05) is 34.6 Å². The average molecular weight is 349 g/mol. The summed E-state index contributed by atoms with van der Waals surface area (Å²) >= 11 is 0. The summed E-state index contributed by atoms with van der Waals surface area (Å²) < 4.78 is 4.80. The second kappa shape index (κ2) is 7.58. The van der Waals surface area contributed by atoms with Crippen LogP contribution in [-0.2, 0) is 14.3 Å². The van der Waals surface area contributed by atoms with Crippen molar-refractivity contribution in [2.24, 2.45) is 11.3 Å². The van der Waals surface area contributed by atoms with Gasteiger partial charge in [-0.2, -0.15) is 0 Å². The molecule has 25 heavy (non-hydrogen) atoms. The van der Waals surface area contributed by atoms with Crippen molar-refractivity contribution >= 4 is 11.9 Å². The summed E-state index contributed by atoms with van der Waals surface area (Å²) in [4.78, 5) is 34.8. The van der Waals surface area contributed by atoms with Crippen LogP contribution in [-0.4, -0.2) is 40.4 Å². The normalized spacial score (nSPS) is 19.3. The molecule has 6 nitrogen and oxygen atoms in total. The maximum atomic E-state index is 13.2. The van der Waals surface area contributed by atoms with Crippen LogP contribution in [0.5, 0.6) is 0 Å². The minimum absolute atomic E-state index is 0.0166. The number of amides is 1. The van der Waals surface area contributed by atoms with Crippen molar-refractivity contribution in [2.45, 2.75) is 65.8 Å². The number of nitrogens with zero attached hydrogens (tertiary/aromatic N) is 2. The summed E-state index contributed by atoms with van der Waals surface area (Å²) in [5.41, 5.74) is 0.765. The number of methoxy groups -OCH3 is 1. The molecule has 0 saturated carbocycles. The van der Waals surface area contributed by atoms with E-state index in [0.717, 1.165) is 24.4 Å². The van der Waals surface area contributed by atoms with Crippen LogP contribution >= 0.6 is 0 Å². The number of likely N-dealkylation sites (tertiary alicyclic amines) is 1. The number of carbonyl (C=O) groups is 2. The maximum Gasteiger partial charge on any atom is 0.306 e. The summed E-state index contributed by atoms with van der Waals surface area (Å²) in [5, 5.41) is 0. The van der Waals surface area contributed by atoms with Crippen molar-refractivity contribution in [1.82, 2.24) is 14.9 Å². The third-order valence-electron chi connectivity index (χ3n) is 5.03. The Morgan fingerprint density at radius 3 is 2.60 bits per heavy atom. The van der Waals surface area contributed by atoms with Crippen LogP contribution in [0.4, 0.5) is 0 Å². The number of aromatic nitrogens is 2. The molecule has 2 atom stereocenters. The molecule has 1 aromatic rings. The number of rotatable bonds is 5. The number of aromatic amines is 1. The van der Waals surface area contributed by atoms with E-state index in [0.29, 0.717) is 12.5 Å². The topological polar surface area (TPSA) is 75.3 Å². The lowest BCUT2D eigenvalue weighted by molar-refractivity contribution is -0.150. The lowest BCUT2D eigenvalue weighted by Crippen LogP contribution is -2.42. The second-order valence-electron chi connectivity index (χ2n) is 8.27. The largest absolute Gasteiger partial charge is 0.469 e. The van der Waals surface area contributed by atoms with E-state index in [4.69, 9.17) is 4.74 Å². The molecule has 0 aromatic carbocycles. The average Bonchev–Trinajstić information content (AvgIpc) is 3.18. The highest BCUT2D eigenvalue weighted by Crippen LogP contribution is 2.37. The zero-order chi connectivity index (χ0) is 18.8. The van der Waals surface area contributed by atoms with Crippen molar-refractivity contribution in [3.63, 3.8) is 0 Å². The fourth-order valence-corrected chi connectivity index (χ4v) is 3.34. The first kappa shape index (κ1) is 19.5. The van der Waals surface area contributed by atoms with Crippen molar-refractivity contribution in [2.75, 3.05) is 13.7 Å². The van der Waals surface area contributed by atoms with Gasteiger partial charge in [-0.3, -0.25) is 9.59 Å². The van der Waals surface area contributed by atoms with Gasteiger partial charge in [-0.25, -0.2) is 4.98 Å². The molecule has 1 fully saturated rings. The van der Waals surface area contributed by atoms with Crippen LogP contribution in [0.3, 0.4) is 0 Å². The van der Waals surface area contributed by atoms with E-state index < -0.39 is 5.92 Å². The van der Waals surface area contributed by atoms with Gasteiger partial charge in [0.25, 0.3) is 0 Å². The van der Waals surface area contributed by atoms with E-state index in [2.05, 4.69) is 23.8 Å². The van der Waals surface area contributed by atoms with E-state index in [1.165, 1.54) is 7.11 Å². The zero-order valence-electron chi connectivity index (χ0n) is 16.3. The molecule has 2 rings (SSSR count). The number of hydrogen-bond acceptors (Lipinski definition) is 4. The van der Waals surface area contributed by atoms with Gasteiger partial charge >= 0.3 is 5.97 Å². The van der Waals surface area contributed by atoms with Crippen molar-refractivity contribution < 1.29 is 14.3 Å². The molecule has 1 amide bonds. The molecule has 2 heterocycles. The second-order valence-corrected chi connectivity index (χ2v) is 8.27. The standard InChI is InChI=1S/C19H31N3O3/c1-12(2)14-11-20-17(21-14)15-8-7-9-22(15)18(24)13(19(3,4)5)10-16(23)25-6/h11-13,15H,7-10H2,1-6H3,(H,20,21)/t13-,15+/m1/s1. The van der Waals surface area contributed by atoms with Gasteiger partial charge in [0.1, 0.15) is 5.82 Å². The first-order valence-electron chi connectivity index (χ1n) is 9.07. The predicted molar refractivity (Wildman–Crippen MR) is 95.9 cm³/mol. The van der Waals surface area contributed by atoms with Gasteiger partial charge in [-0.05, 0) is 24.2 Å². The Kier molecular flexibility index (Phi) is 5.91. The molecule has 0 aliphatic carbocycles. The molecule has 1 aromatic heterocycles. The predicted octanol–water partition coefficient (Wildman–Crippen LogP) is 3.42. The van der Waals surface area contributed by atoms with Crippen molar-refractivity contribution in [1.29, 1.82) is 0 Å². The molecule has 6 heteroatoms. The smallest absolute Gasteiger partial charge is 0.306 e. The molecule has 140 valence electrons. The molecule has 0 spiro atoms. The third-order valence-corrected chi connectivity index (χ3v) is 5.03. The molecule has 0 radical (unpaired) electrons. The molecule has 0 unspecified atom stereocenters. The third kappa shape index (κ3) is 4.41. The van der Waals surface area contributed by atoms with E-state index in [9.17, 15) is 9.59 Å². The molecule has 1 N–H and O–H groups in total. The van der Waals surface area contributed by atoms with Crippen LogP contribution in [0, 0.1) is 11.3 Å². The summed E-state index contributed by atoms with van der Waals surface area (Å²) in [6.45, 7) is 10.9. The van der Waals surface area contributed by atoms with E-state index >= 15 is 0 Å². The Hall–Kier alpha value is -1.85. The Bertz CT molecular complexity index is 616. The molecular weight excluding hydrogens is 318 g/mol. The zero-order valence-corrected chi connectivity index (χ0v) is 16.3. The number of carbonyl (C=O) groups excluding carboxylic acids is 2. The lowest BCUT2D eigenvalue weighted by Gasteiger charge is -2.34. The molecular formula is C19H31N3O3. The summed E-state index contributed by atoms with van der Waals surface area (Å²) in [6.07, 6.45) is 3.81. The highest BCUT2D eigenvalue weighted by atomic mass is 16.5. The van der Waals surface area contributed by atoms with Crippen molar-refractivity contribution in [3.05, 3.63) is 17.7 Å². The summed E-state index contributed by atoms with van der Waals surface area (Å²) in [7, 11) is 1.36. The van der Waals surface area contributed by atoms with E-state index in [-0.39, 0.29) is 29.8 Å². The Labute approximate surface area is 150 Å². The molecule has 1 aliphatic rings. The lowest BCUT2D eigenvalue weighted by atomic mass is 9.77. The number of hydrogen-bond donors (Lipinski definition) is 1.